The summed E-state index contributed by atoms with van der Waals surface area (Å²) >= 11 is 0. The normalized spacial score (nSPS) is 19.7. The van der Waals surface area contributed by atoms with Crippen LogP contribution in [0.4, 0.5) is 5.69 Å². The lowest BCUT2D eigenvalue weighted by Gasteiger charge is -2.22. The van der Waals surface area contributed by atoms with E-state index in [4.69, 9.17) is 9.66 Å². The Morgan fingerprint density at radius 1 is 1.21 bits per heavy atom. The molecule has 9 nitrogen and oxygen atoms in total. The largest absolute Gasteiger partial charge is 0.744 e. The summed E-state index contributed by atoms with van der Waals surface area (Å²) in [6.07, 6.45) is 0.841. The van der Waals surface area contributed by atoms with Crippen LogP contribution < -0.4 is 0 Å². The molecule has 0 saturated carbocycles. The van der Waals surface area contributed by atoms with E-state index in [0.29, 0.717) is 24.1 Å². The Bertz CT molecular complexity index is 1030. The minimum absolute atomic E-state index is 0.0551. The van der Waals surface area contributed by atoms with Gasteiger partial charge in [-0.05, 0) is 31.9 Å². The number of carboxylic acid groups (broad SMARTS) is 1. The van der Waals surface area contributed by atoms with Crippen molar-refractivity contribution in [3.63, 3.8) is 0 Å². The van der Waals surface area contributed by atoms with E-state index in [1.165, 1.54) is 18.2 Å². The van der Waals surface area contributed by atoms with Gasteiger partial charge in [-0.2, -0.15) is 13.0 Å². The van der Waals surface area contributed by atoms with Crippen LogP contribution in [0.1, 0.15) is 45.1 Å². The summed E-state index contributed by atoms with van der Waals surface area (Å²) < 4.78 is 67.1. The minimum Gasteiger partial charge on any atom is -0.744 e. The van der Waals surface area contributed by atoms with Crippen molar-refractivity contribution in [3.8, 4) is 0 Å². The molecule has 0 amide bonds. The molecule has 0 saturated heterocycles. The van der Waals surface area contributed by atoms with Crippen LogP contribution in [-0.2, 0) is 30.4 Å². The Hall–Kier alpha value is -1.82. The van der Waals surface area contributed by atoms with Crippen LogP contribution in [0.5, 0.6) is 0 Å². The highest BCUT2D eigenvalue weighted by atomic mass is 32.2. The summed E-state index contributed by atoms with van der Waals surface area (Å²) in [4.78, 5) is 10.5. The van der Waals surface area contributed by atoms with E-state index in [-0.39, 0.29) is 24.3 Å². The number of carbonyl (C=O) groups is 1. The molecule has 1 atom stereocenters. The second-order valence-corrected chi connectivity index (χ2v) is 10.0. The van der Waals surface area contributed by atoms with Crippen LogP contribution in [0.15, 0.2) is 23.1 Å². The van der Waals surface area contributed by atoms with E-state index in [0.717, 1.165) is 5.71 Å². The van der Waals surface area contributed by atoms with E-state index in [1.54, 1.807) is 6.92 Å². The number of benzene rings is 1. The van der Waals surface area contributed by atoms with Gasteiger partial charge in [0.05, 0.1) is 16.1 Å². The highest BCUT2D eigenvalue weighted by molar-refractivity contribution is 7.86. The molecular weight excluding hydrogens is 410 g/mol. The fraction of sp³-hybridized carbons (Fsp3) is 0.529. The highest BCUT2D eigenvalue weighted by Crippen LogP contribution is 2.44. The van der Waals surface area contributed by atoms with E-state index in [2.05, 4.69) is 0 Å². The Labute approximate surface area is 164 Å². The number of rotatable bonds is 9. The number of carboxylic acids is 1. The predicted octanol–water partition coefficient (Wildman–Crippen LogP) is 1.50. The Morgan fingerprint density at radius 2 is 1.86 bits per heavy atom. The summed E-state index contributed by atoms with van der Waals surface area (Å²) in [6.45, 7) is 3.91. The average molecular weight is 434 g/mol. The SMILES string of the molecule is CC1=[N+](CCCS(=O)(=O)O)c2ccc(S(=O)(=O)[O-])cc2C1(C)CCCC(=O)O. The zero-order valence-electron chi connectivity index (χ0n) is 15.6. The van der Waals surface area contributed by atoms with Gasteiger partial charge in [0, 0.05) is 31.4 Å². The first-order valence-corrected chi connectivity index (χ1v) is 11.7. The summed E-state index contributed by atoms with van der Waals surface area (Å²) in [5, 5.41) is 8.91. The van der Waals surface area contributed by atoms with Crippen LogP contribution in [0, 0.1) is 0 Å². The molecule has 1 aromatic rings. The standard InChI is InChI=1S/C17H23NO8S2/c1-12-17(2,8-3-5-16(19)20)14-11-13(28(24,25)26)6-7-15(14)18(12)9-4-10-27(21,22)23/h6-7,11H,3-5,8-10H2,1-2H3,(H2-,19,20,21,22,23,24,25,26). The summed E-state index contributed by atoms with van der Waals surface area (Å²) in [7, 11) is -8.78. The van der Waals surface area contributed by atoms with Gasteiger partial charge in [0.25, 0.3) is 10.1 Å². The highest BCUT2D eigenvalue weighted by Gasteiger charge is 2.46. The molecule has 156 valence electrons. The molecule has 11 heteroatoms. The molecule has 2 rings (SSSR count). The maximum absolute atomic E-state index is 11.4. The third-order valence-corrected chi connectivity index (χ3v) is 6.83. The van der Waals surface area contributed by atoms with E-state index in [9.17, 15) is 26.2 Å². The second kappa shape index (κ2) is 7.90. The number of aliphatic carboxylic acids is 1. The fourth-order valence-corrected chi connectivity index (χ4v) is 4.61. The molecule has 1 aliphatic rings. The Balaban J connectivity index is 2.46. The number of fused-ring (bicyclic) bond motifs is 1. The average Bonchev–Trinajstić information content (AvgIpc) is 2.74. The van der Waals surface area contributed by atoms with E-state index in [1.807, 2.05) is 11.5 Å². The van der Waals surface area contributed by atoms with Gasteiger partial charge < -0.3 is 9.66 Å². The zero-order valence-corrected chi connectivity index (χ0v) is 17.2. The van der Waals surface area contributed by atoms with Gasteiger partial charge in [0.1, 0.15) is 16.7 Å². The van der Waals surface area contributed by atoms with E-state index < -0.39 is 37.4 Å². The molecule has 0 bridgehead atoms. The van der Waals surface area contributed by atoms with Crippen LogP contribution in [0.3, 0.4) is 0 Å². The third-order valence-electron chi connectivity index (χ3n) is 5.20. The molecule has 0 aliphatic carbocycles. The van der Waals surface area contributed by atoms with Crippen molar-refractivity contribution in [2.24, 2.45) is 0 Å². The van der Waals surface area contributed by atoms with Crippen molar-refractivity contribution in [1.82, 2.24) is 0 Å². The Kier molecular flexibility index (Phi) is 6.34. The lowest BCUT2D eigenvalue weighted by Crippen LogP contribution is -2.31. The second-order valence-electron chi connectivity index (χ2n) is 7.09. The topological polar surface area (TPSA) is 152 Å². The molecule has 2 N–H and O–H groups in total. The van der Waals surface area contributed by atoms with Gasteiger partial charge in [-0.3, -0.25) is 9.35 Å². The molecule has 0 radical (unpaired) electrons. The van der Waals surface area contributed by atoms with Gasteiger partial charge in [0.15, 0.2) is 5.71 Å². The quantitative estimate of drug-likeness (QED) is 0.439. The number of hydrogen-bond acceptors (Lipinski definition) is 6. The molecule has 1 unspecified atom stereocenters. The van der Waals surface area contributed by atoms with Gasteiger partial charge in [-0.15, -0.1) is 0 Å². The smallest absolute Gasteiger partial charge is 0.303 e. The van der Waals surface area contributed by atoms with Crippen molar-refractivity contribution in [2.45, 2.75) is 49.8 Å². The van der Waals surface area contributed by atoms with Crippen molar-refractivity contribution in [3.05, 3.63) is 23.8 Å². The summed E-state index contributed by atoms with van der Waals surface area (Å²) in [5.41, 5.74) is 1.31. The summed E-state index contributed by atoms with van der Waals surface area (Å²) in [6, 6.07) is 4.01. The predicted molar refractivity (Wildman–Crippen MR) is 99.7 cm³/mol. The molecule has 28 heavy (non-hydrogen) atoms. The van der Waals surface area contributed by atoms with Crippen LogP contribution in [-0.4, -0.2) is 59.6 Å². The maximum Gasteiger partial charge on any atom is 0.303 e. The van der Waals surface area contributed by atoms with Gasteiger partial charge in [-0.1, -0.05) is 0 Å². The molecule has 0 spiro atoms. The molecule has 0 aromatic heterocycles. The van der Waals surface area contributed by atoms with Crippen LogP contribution in [0.2, 0.25) is 0 Å². The zero-order chi connectivity index (χ0) is 21.3. The van der Waals surface area contributed by atoms with Crippen molar-refractivity contribution >= 4 is 37.6 Å². The van der Waals surface area contributed by atoms with Gasteiger partial charge >= 0.3 is 5.97 Å². The Morgan fingerprint density at radius 3 is 2.39 bits per heavy atom. The van der Waals surface area contributed by atoms with Crippen LogP contribution >= 0.6 is 0 Å². The number of nitrogens with zero attached hydrogens (tertiary/aromatic N) is 1. The maximum atomic E-state index is 11.4. The monoisotopic (exact) mass is 433 g/mol. The molecule has 1 aliphatic heterocycles. The third kappa shape index (κ3) is 4.96. The molecule has 1 aromatic carbocycles. The first kappa shape index (κ1) is 22.5. The van der Waals surface area contributed by atoms with E-state index >= 15 is 0 Å². The van der Waals surface area contributed by atoms with Crippen molar-refractivity contribution < 1.29 is 40.4 Å². The molecular formula is C17H23NO8S2. The van der Waals surface area contributed by atoms with Crippen molar-refractivity contribution in [1.29, 1.82) is 0 Å². The minimum atomic E-state index is -4.66. The molecule has 0 fully saturated rings. The van der Waals surface area contributed by atoms with Crippen molar-refractivity contribution in [2.75, 3.05) is 12.3 Å². The first-order chi connectivity index (χ1) is 12.8. The lowest BCUT2D eigenvalue weighted by atomic mass is 9.76. The first-order valence-electron chi connectivity index (χ1n) is 8.65. The fourth-order valence-electron chi connectivity index (χ4n) is 3.62. The van der Waals surface area contributed by atoms with Crippen LogP contribution in [0.25, 0.3) is 0 Å². The molecule has 1 heterocycles. The summed E-state index contributed by atoms with van der Waals surface area (Å²) in [5.74, 6) is -1.37. The number of hydrogen-bond donors (Lipinski definition) is 2. The van der Waals surface area contributed by atoms with Gasteiger partial charge in [0.2, 0.25) is 5.69 Å². The lowest BCUT2D eigenvalue weighted by molar-refractivity contribution is -0.438. The van der Waals surface area contributed by atoms with Gasteiger partial charge in [-0.25, -0.2) is 8.42 Å².